The van der Waals surface area contributed by atoms with Gasteiger partial charge in [0, 0.05) is 23.9 Å². The van der Waals surface area contributed by atoms with Gasteiger partial charge in [0.25, 0.3) is 5.24 Å². The zero-order valence-corrected chi connectivity index (χ0v) is 10.8. The van der Waals surface area contributed by atoms with E-state index < -0.39 is 0 Å². The number of benzene rings is 1. The number of rotatable bonds is 3. The van der Waals surface area contributed by atoms with Gasteiger partial charge in [-0.15, -0.1) is 0 Å². The lowest BCUT2D eigenvalue weighted by Gasteiger charge is -2.24. The molecule has 2 amide bonds. The van der Waals surface area contributed by atoms with Gasteiger partial charge in [-0.05, 0) is 17.7 Å². The summed E-state index contributed by atoms with van der Waals surface area (Å²) < 4.78 is 5.10. The van der Waals surface area contributed by atoms with E-state index >= 15 is 0 Å². The zero-order chi connectivity index (χ0) is 13.1. The molecule has 2 N–H and O–H groups in total. The minimum Gasteiger partial charge on any atom is -0.497 e. The second-order valence-electron chi connectivity index (χ2n) is 3.96. The number of ether oxygens (including phenoxy) is 1. The molecule has 0 aliphatic carbocycles. The van der Waals surface area contributed by atoms with Gasteiger partial charge in [0.1, 0.15) is 5.75 Å². The fraction of sp³-hybridized carbons (Fsp3) is 0.333. The smallest absolute Gasteiger partial charge is 0.288 e. The Morgan fingerprint density at radius 2 is 2.17 bits per heavy atom. The van der Waals surface area contributed by atoms with Gasteiger partial charge >= 0.3 is 0 Å². The number of carbonyl (C=O) groups is 2. The number of thioether (sulfide) groups is 1. The molecule has 1 fully saturated rings. The Hall–Kier alpha value is -1.69. The van der Waals surface area contributed by atoms with Gasteiger partial charge in [-0.3, -0.25) is 14.5 Å². The van der Waals surface area contributed by atoms with Crippen LogP contribution < -0.4 is 10.5 Å². The Balaban J connectivity index is 2.19. The van der Waals surface area contributed by atoms with Gasteiger partial charge in [-0.1, -0.05) is 11.8 Å². The van der Waals surface area contributed by atoms with Crippen LogP contribution in [0.3, 0.4) is 0 Å². The van der Waals surface area contributed by atoms with Crippen molar-refractivity contribution >= 4 is 28.6 Å². The number of amides is 2. The summed E-state index contributed by atoms with van der Waals surface area (Å²) in [4.78, 5) is 24.6. The Kier molecular flexibility index (Phi) is 3.76. The lowest BCUT2D eigenvalue weighted by Crippen LogP contribution is -2.37. The summed E-state index contributed by atoms with van der Waals surface area (Å²) in [5.41, 5.74) is 7.07. The largest absolute Gasteiger partial charge is 0.497 e. The highest BCUT2D eigenvalue weighted by Gasteiger charge is 2.26. The second-order valence-corrected chi connectivity index (χ2v) is 5.00. The molecule has 0 unspecified atom stereocenters. The van der Waals surface area contributed by atoms with Crippen molar-refractivity contribution in [3.8, 4) is 5.75 Å². The minimum atomic E-state index is -0.201. The number of hydrogen-bond donors (Lipinski definition) is 1. The number of carbonyl (C=O) groups excluding carboxylic acids is 2. The average Bonchev–Trinajstić information content (AvgIpc) is 2.33. The maximum absolute atomic E-state index is 11.7. The quantitative estimate of drug-likeness (QED) is 0.845. The maximum atomic E-state index is 11.7. The fourth-order valence-corrected chi connectivity index (χ4v) is 2.54. The molecule has 1 aliphatic heterocycles. The van der Waals surface area contributed by atoms with Crippen LogP contribution in [0.15, 0.2) is 18.2 Å². The predicted molar refractivity (Wildman–Crippen MR) is 70.4 cm³/mol. The van der Waals surface area contributed by atoms with Gasteiger partial charge < -0.3 is 10.5 Å². The highest BCUT2D eigenvalue weighted by molar-refractivity contribution is 8.13. The van der Waals surface area contributed by atoms with Crippen molar-refractivity contribution in [3.05, 3.63) is 23.8 Å². The summed E-state index contributed by atoms with van der Waals surface area (Å²) in [7, 11) is 1.55. The third-order valence-electron chi connectivity index (χ3n) is 2.63. The molecule has 6 heteroatoms. The molecule has 1 aromatic carbocycles. The van der Waals surface area contributed by atoms with E-state index in [1.165, 1.54) is 16.7 Å². The van der Waals surface area contributed by atoms with Crippen molar-refractivity contribution in [2.24, 2.45) is 0 Å². The molecule has 0 spiro atoms. The van der Waals surface area contributed by atoms with E-state index in [1.54, 1.807) is 25.3 Å². The van der Waals surface area contributed by atoms with Crippen LogP contribution >= 0.6 is 11.8 Å². The van der Waals surface area contributed by atoms with Crippen LogP contribution in [-0.2, 0) is 11.3 Å². The Morgan fingerprint density at radius 1 is 1.39 bits per heavy atom. The number of nitrogens with two attached hydrogens (primary N) is 1. The molecule has 0 bridgehead atoms. The van der Waals surface area contributed by atoms with Crippen LogP contribution in [0, 0.1) is 0 Å². The first-order valence-electron chi connectivity index (χ1n) is 5.50. The van der Waals surface area contributed by atoms with E-state index in [-0.39, 0.29) is 17.7 Å². The number of imide groups is 1. The van der Waals surface area contributed by atoms with Crippen molar-refractivity contribution in [1.29, 1.82) is 0 Å². The van der Waals surface area contributed by atoms with Gasteiger partial charge in [0.2, 0.25) is 5.91 Å². The highest BCUT2D eigenvalue weighted by atomic mass is 32.2. The number of anilines is 1. The van der Waals surface area contributed by atoms with Crippen LogP contribution in [0.1, 0.15) is 12.0 Å². The Bertz CT molecular complexity index is 474. The third kappa shape index (κ3) is 2.76. The molecular weight excluding hydrogens is 252 g/mol. The molecule has 0 saturated carbocycles. The lowest BCUT2D eigenvalue weighted by atomic mass is 10.1. The van der Waals surface area contributed by atoms with E-state index in [4.69, 9.17) is 10.5 Å². The second kappa shape index (κ2) is 5.30. The van der Waals surface area contributed by atoms with Crippen LogP contribution in [0.4, 0.5) is 10.5 Å². The van der Waals surface area contributed by atoms with Crippen molar-refractivity contribution in [3.63, 3.8) is 0 Å². The minimum absolute atomic E-state index is 0.139. The molecule has 1 heterocycles. The van der Waals surface area contributed by atoms with Crippen LogP contribution in [-0.4, -0.2) is 28.9 Å². The summed E-state index contributed by atoms with van der Waals surface area (Å²) in [5.74, 6) is 1.05. The first-order valence-corrected chi connectivity index (χ1v) is 6.49. The fourth-order valence-electron chi connectivity index (χ4n) is 1.77. The summed E-state index contributed by atoms with van der Waals surface area (Å²) in [6.07, 6.45) is 0.399. The van der Waals surface area contributed by atoms with Gasteiger partial charge in [0.05, 0.1) is 13.7 Å². The summed E-state index contributed by atoms with van der Waals surface area (Å²) in [6.45, 7) is 0.242. The lowest BCUT2D eigenvalue weighted by molar-refractivity contribution is -0.128. The molecule has 0 aromatic heterocycles. The monoisotopic (exact) mass is 266 g/mol. The number of nitrogens with zero attached hydrogens (tertiary/aromatic N) is 1. The first-order chi connectivity index (χ1) is 8.60. The van der Waals surface area contributed by atoms with E-state index in [9.17, 15) is 9.59 Å². The predicted octanol–water partition coefficient (Wildman–Crippen LogP) is 1.86. The summed E-state index contributed by atoms with van der Waals surface area (Å²) >= 11 is 1.17. The van der Waals surface area contributed by atoms with Gasteiger partial charge in [0.15, 0.2) is 0 Å². The topological polar surface area (TPSA) is 72.6 Å². The molecule has 1 aliphatic rings. The van der Waals surface area contributed by atoms with E-state index in [1.807, 2.05) is 0 Å². The van der Waals surface area contributed by atoms with Gasteiger partial charge in [-0.2, -0.15) is 0 Å². The Morgan fingerprint density at radius 3 is 2.83 bits per heavy atom. The van der Waals surface area contributed by atoms with Crippen LogP contribution in [0.2, 0.25) is 0 Å². The number of nitrogen functional groups attached to an aromatic ring is 1. The SMILES string of the molecule is COc1cc(N)cc(CN2C(=O)CCSC2=O)c1. The summed E-state index contributed by atoms with van der Waals surface area (Å²) in [6, 6.07) is 5.21. The van der Waals surface area contributed by atoms with Crippen LogP contribution in [0.5, 0.6) is 5.75 Å². The molecule has 1 saturated heterocycles. The van der Waals surface area contributed by atoms with Crippen molar-refractivity contribution in [2.45, 2.75) is 13.0 Å². The average molecular weight is 266 g/mol. The number of hydrogen-bond acceptors (Lipinski definition) is 5. The van der Waals surface area contributed by atoms with Crippen molar-refractivity contribution in [2.75, 3.05) is 18.6 Å². The standard InChI is InChI=1S/C12H14N2O3S/c1-17-10-5-8(4-9(13)6-10)7-14-11(15)2-3-18-12(14)16/h4-6H,2-3,7,13H2,1H3. The number of methoxy groups -OCH3 is 1. The highest BCUT2D eigenvalue weighted by Crippen LogP contribution is 2.24. The van der Waals surface area contributed by atoms with Crippen molar-refractivity contribution in [1.82, 2.24) is 4.90 Å². The zero-order valence-electron chi connectivity index (χ0n) is 10.0. The Labute approximate surface area is 109 Å². The normalized spacial score (nSPS) is 15.9. The molecule has 0 atom stereocenters. The summed E-state index contributed by atoms with van der Waals surface area (Å²) in [5, 5.41) is -0.201. The molecule has 18 heavy (non-hydrogen) atoms. The van der Waals surface area contributed by atoms with E-state index in [0.29, 0.717) is 23.6 Å². The molecule has 5 nitrogen and oxygen atoms in total. The molecule has 0 radical (unpaired) electrons. The molecule has 1 aromatic rings. The third-order valence-corrected chi connectivity index (χ3v) is 3.50. The molecule has 2 rings (SSSR count). The van der Waals surface area contributed by atoms with Crippen molar-refractivity contribution < 1.29 is 14.3 Å². The molecule has 96 valence electrons. The molecular formula is C12H14N2O3S. The van der Waals surface area contributed by atoms with Gasteiger partial charge in [-0.25, -0.2) is 0 Å². The maximum Gasteiger partial charge on any atom is 0.288 e. The van der Waals surface area contributed by atoms with E-state index in [0.717, 1.165) is 5.56 Å². The van der Waals surface area contributed by atoms with E-state index in [2.05, 4.69) is 0 Å². The van der Waals surface area contributed by atoms with Crippen LogP contribution in [0.25, 0.3) is 0 Å². The first kappa shape index (κ1) is 12.8.